The lowest BCUT2D eigenvalue weighted by molar-refractivity contribution is 0.0410. The van der Waals surface area contributed by atoms with Crippen LogP contribution in [0.5, 0.6) is 11.5 Å². The lowest BCUT2D eigenvalue weighted by atomic mass is 10.1. The molecule has 0 aliphatic carbocycles. The van der Waals surface area contributed by atoms with Crippen molar-refractivity contribution in [2.24, 2.45) is 0 Å². The van der Waals surface area contributed by atoms with Crippen molar-refractivity contribution < 1.29 is 14.2 Å². The zero-order chi connectivity index (χ0) is 19.3. The highest BCUT2D eigenvalue weighted by Crippen LogP contribution is 2.32. The summed E-state index contributed by atoms with van der Waals surface area (Å²) in [5.41, 5.74) is 2.72. The molecule has 1 fully saturated rings. The molecule has 0 spiro atoms. The first-order valence-electron chi connectivity index (χ1n) is 9.28. The highest BCUT2D eigenvalue weighted by Gasteiger charge is 2.14. The van der Waals surface area contributed by atoms with Crippen LogP contribution < -0.4 is 9.47 Å². The number of fused-ring (bicyclic) bond motifs is 1. The van der Waals surface area contributed by atoms with E-state index in [4.69, 9.17) is 19.2 Å². The number of hydrogen-bond acceptors (Lipinski definition) is 7. The van der Waals surface area contributed by atoms with Crippen molar-refractivity contribution in [3.8, 4) is 22.8 Å². The largest absolute Gasteiger partial charge is 0.493 e. The number of methoxy groups -OCH3 is 2. The molecule has 148 valence electrons. The molecule has 0 saturated carbocycles. The fourth-order valence-corrected chi connectivity index (χ4v) is 4.22. The van der Waals surface area contributed by atoms with Crippen LogP contribution in [0.3, 0.4) is 0 Å². The lowest BCUT2D eigenvalue weighted by Crippen LogP contribution is -2.37. The summed E-state index contributed by atoms with van der Waals surface area (Å²) in [6.07, 6.45) is 3.76. The summed E-state index contributed by atoms with van der Waals surface area (Å²) in [7, 11) is 3.27. The van der Waals surface area contributed by atoms with Crippen LogP contribution in [-0.2, 0) is 4.74 Å². The summed E-state index contributed by atoms with van der Waals surface area (Å²) >= 11 is 1.75. The van der Waals surface area contributed by atoms with E-state index in [-0.39, 0.29) is 0 Å². The number of benzene rings is 1. The van der Waals surface area contributed by atoms with Gasteiger partial charge in [0.05, 0.1) is 33.1 Å². The van der Waals surface area contributed by atoms with Crippen molar-refractivity contribution >= 4 is 17.4 Å². The molecule has 0 radical (unpaired) electrons. The first-order chi connectivity index (χ1) is 13.8. The van der Waals surface area contributed by atoms with E-state index >= 15 is 0 Å². The molecule has 3 heterocycles. The van der Waals surface area contributed by atoms with Crippen molar-refractivity contribution in [2.45, 2.75) is 5.16 Å². The van der Waals surface area contributed by atoms with Crippen molar-refractivity contribution in [3.63, 3.8) is 0 Å². The van der Waals surface area contributed by atoms with Crippen LogP contribution in [-0.4, -0.2) is 72.1 Å². The van der Waals surface area contributed by atoms with Gasteiger partial charge >= 0.3 is 0 Å². The van der Waals surface area contributed by atoms with Gasteiger partial charge in [-0.05, 0) is 18.2 Å². The minimum absolute atomic E-state index is 0.687. The molecular formula is C20H24N4O3S. The third-order valence-electron chi connectivity index (χ3n) is 4.78. The number of rotatable bonds is 7. The second-order valence-corrected chi connectivity index (χ2v) is 7.51. The molecule has 0 N–H and O–H groups in total. The Balaban J connectivity index is 1.58. The molecule has 0 unspecified atom stereocenters. The number of ether oxygens (including phenoxy) is 3. The minimum atomic E-state index is 0.687. The highest BCUT2D eigenvalue weighted by molar-refractivity contribution is 7.99. The molecule has 8 heteroatoms. The number of hydrogen-bond donors (Lipinski definition) is 0. The molecule has 0 atom stereocenters. The molecule has 1 saturated heterocycles. The monoisotopic (exact) mass is 400 g/mol. The maximum atomic E-state index is 5.44. The van der Waals surface area contributed by atoms with E-state index in [1.165, 1.54) is 0 Å². The van der Waals surface area contributed by atoms with E-state index in [1.54, 1.807) is 32.2 Å². The van der Waals surface area contributed by atoms with Crippen LogP contribution in [0.1, 0.15) is 0 Å². The van der Waals surface area contributed by atoms with Gasteiger partial charge in [-0.1, -0.05) is 11.8 Å². The maximum Gasteiger partial charge on any atom is 0.174 e. The quantitative estimate of drug-likeness (QED) is 0.446. The summed E-state index contributed by atoms with van der Waals surface area (Å²) in [5.74, 6) is 2.36. The van der Waals surface area contributed by atoms with Gasteiger partial charge in [-0.2, -0.15) is 0 Å². The topological polar surface area (TPSA) is 61.1 Å². The molecule has 0 bridgehead atoms. The van der Waals surface area contributed by atoms with Gasteiger partial charge in [0.2, 0.25) is 0 Å². The van der Waals surface area contributed by atoms with E-state index < -0.39 is 0 Å². The minimum Gasteiger partial charge on any atom is -0.493 e. The Kier molecular flexibility index (Phi) is 5.99. The Morgan fingerprint density at radius 2 is 1.93 bits per heavy atom. The van der Waals surface area contributed by atoms with Gasteiger partial charge < -0.3 is 14.2 Å². The van der Waals surface area contributed by atoms with Crippen LogP contribution in [0.15, 0.2) is 41.8 Å². The third-order valence-corrected chi connectivity index (χ3v) is 5.71. The van der Waals surface area contributed by atoms with Crippen molar-refractivity contribution in [1.29, 1.82) is 0 Å². The van der Waals surface area contributed by atoms with Crippen molar-refractivity contribution in [1.82, 2.24) is 19.3 Å². The number of imidazole rings is 1. The Morgan fingerprint density at radius 1 is 1.11 bits per heavy atom. The fraction of sp³-hybridized carbons (Fsp3) is 0.400. The van der Waals surface area contributed by atoms with Crippen molar-refractivity contribution in [2.75, 3.05) is 52.8 Å². The maximum absolute atomic E-state index is 5.44. The van der Waals surface area contributed by atoms with Crippen LogP contribution in [0, 0.1) is 0 Å². The predicted molar refractivity (Wildman–Crippen MR) is 110 cm³/mol. The molecule has 1 aliphatic rings. The molecule has 4 rings (SSSR count). The van der Waals surface area contributed by atoms with Crippen LogP contribution in [0.25, 0.3) is 16.9 Å². The number of aromatic nitrogens is 3. The van der Waals surface area contributed by atoms with Gasteiger partial charge in [0.15, 0.2) is 16.7 Å². The van der Waals surface area contributed by atoms with Gasteiger partial charge in [0.25, 0.3) is 0 Å². The number of morpholine rings is 1. The molecule has 1 aliphatic heterocycles. The third kappa shape index (κ3) is 4.09. The second-order valence-electron chi connectivity index (χ2n) is 6.45. The fourth-order valence-electron chi connectivity index (χ4n) is 3.23. The Labute approximate surface area is 168 Å². The molecule has 0 amide bonds. The Bertz CT molecular complexity index is 940. The Morgan fingerprint density at radius 3 is 2.71 bits per heavy atom. The first kappa shape index (κ1) is 19.0. The second kappa shape index (κ2) is 8.81. The number of thioether (sulfide) groups is 1. The van der Waals surface area contributed by atoms with Crippen LogP contribution in [0.2, 0.25) is 0 Å². The molecule has 3 aromatic rings. The molecule has 1 aromatic carbocycles. The zero-order valence-corrected chi connectivity index (χ0v) is 16.9. The SMILES string of the molecule is COc1ccc(-c2cc3nccn3c(SCCN3CCOCC3)n2)cc1OC. The van der Waals surface area contributed by atoms with E-state index in [0.29, 0.717) is 11.5 Å². The van der Waals surface area contributed by atoms with Crippen LogP contribution in [0.4, 0.5) is 0 Å². The highest BCUT2D eigenvalue weighted by atomic mass is 32.2. The zero-order valence-electron chi connectivity index (χ0n) is 16.1. The van der Waals surface area contributed by atoms with Gasteiger partial charge in [-0.15, -0.1) is 0 Å². The summed E-state index contributed by atoms with van der Waals surface area (Å²) < 4.78 is 18.2. The normalized spacial score (nSPS) is 15.1. The van der Waals surface area contributed by atoms with Gasteiger partial charge in [-0.3, -0.25) is 9.30 Å². The van der Waals surface area contributed by atoms with E-state index in [2.05, 4.69) is 9.88 Å². The standard InChI is InChI=1S/C20H24N4O3S/c1-25-17-4-3-15(13-18(17)26-2)16-14-19-21-5-6-24(19)20(22-16)28-12-9-23-7-10-27-11-8-23/h3-6,13-14H,7-12H2,1-2H3. The summed E-state index contributed by atoms with van der Waals surface area (Å²) in [5, 5.41) is 0.938. The number of nitrogens with zero attached hydrogens (tertiary/aromatic N) is 4. The summed E-state index contributed by atoms with van der Waals surface area (Å²) in [6, 6.07) is 7.83. The van der Waals surface area contributed by atoms with Gasteiger partial charge in [0.1, 0.15) is 5.65 Å². The first-order valence-corrected chi connectivity index (χ1v) is 10.3. The smallest absolute Gasteiger partial charge is 0.174 e. The lowest BCUT2D eigenvalue weighted by Gasteiger charge is -2.26. The predicted octanol–water partition coefficient (Wildman–Crippen LogP) is 2.84. The summed E-state index contributed by atoms with van der Waals surface area (Å²) in [4.78, 5) is 11.8. The van der Waals surface area contributed by atoms with E-state index in [0.717, 1.165) is 60.7 Å². The average Bonchev–Trinajstić information content (AvgIpc) is 3.23. The summed E-state index contributed by atoms with van der Waals surface area (Å²) in [6.45, 7) is 4.67. The van der Waals surface area contributed by atoms with E-state index in [1.807, 2.05) is 34.9 Å². The molecule has 7 nitrogen and oxygen atoms in total. The average molecular weight is 401 g/mol. The van der Waals surface area contributed by atoms with Gasteiger partial charge in [0, 0.05) is 49.4 Å². The van der Waals surface area contributed by atoms with Crippen LogP contribution >= 0.6 is 11.8 Å². The molecule has 28 heavy (non-hydrogen) atoms. The van der Waals surface area contributed by atoms with E-state index in [9.17, 15) is 0 Å². The van der Waals surface area contributed by atoms with Gasteiger partial charge in [-0.25, -0.2) is 9.97 Å². The molecule has 2 aromatic heterocycles. The molecular weight excluding hydrogens is 376 g/mol. The van der Waals surface area contributed by atoms with Crippen molar-refractivity contribution in [3.05, 3.63) is 36.7 Å². The Hall–Kier alpha value is -2.29.